The van der Waals surface area contributed by atoms with Crippen molar-refractivity contribution in [1.29, 1.82) is 5.26 Å². The van der Waals surface area contributed by atoms with Gasteiger partial charge in [-0.2, -0.15) is 10.4 Å². The van der Waals surface area contributed by atoms with E-state index in [2.05, 4.69) is 11.2 Å². The summed E-state index contributed by atoms with van der Waals surface area (Å²) in [7, 11) is 1.44. The molecule has 1 aromatic heterocycles. The Balaban J connectivity index is 1.62. The molecule has 4 rings (SSSR count). The Morgan fingerprint density at radius 3 is 2.59 bits per heavy atom. The molecule has 0 unspecified atom stereocenters. The molecule has 0 bridgehead atoms. The molecule has 164 valence electrons. The van der Waals surface area contributed by atoms with E-state index in [0.717, 1.165) is 16.9 Å². The highest BCUT2D eigenvalue weighted by molar-refractivity contribution is 6.00. The topological polar surface area (TPSA) is 80.4 Å². The Kier molecular flexibility index (Phi) is 5.82. The Labute approximate surface area is 185 Å². The van der Waals surface area contributed by atoms with Crippen molar-refractivity contribution in [2.45, 2.75) is 26.9 Å². The normalized spacial score (nSPS) is 12.6. The van der Waals surface area contributed by atoms with Crippen LogP contribution in [0, 0.1) is 23.1 Å². The first-order chi connectivity index (χ1) is 15.4. The lowest BCUT2D eigenvalue weighted by Gasteiger charge is -2.21. The zero-order chi connectivity index (χ0) is 22.8. The van der Waals surface area contributed by atoms with Crippen LogP contribution >= 0.6 is 0 Å². The van der Waals surface area contributed by atoms with E-state index in [0.29, 0.717) is 25.4 Å². The van der Waals surface area contributed by atoms with Gasteiger partial charge in [0, 0.05) is 18.3 Å². The number of fused-ring (bicyclic) bond motifs is 1. The van der Waals surface area contributed by atoms with Gasteiger partial charge in [-0.05, 0) is 42.3 Å². The molecular weight excluding hydrogens is 411 g/mol. The number of rotatable bonds is 6. The minimum atomic E-state index is -0.311. The third-order valence-electron chi connectivity index (χ3n) is 5.19. The molecule has 0 fully saturated rings. The summed E-state index contributed by atoms with van der Waals surface area (Å²) < 4.78 is 26.2. The van der Waals surface area contributed by atoms with Crippen LogP contribution in [0.1, 0.15) is 41.0 Å². The van der Waals surface area contributed by atoms with Gasteiger partial charge in [-0.1, -0.05) is 13.8 Å². The number of nitriles is 1. The van der Waals surface area contributed by atoms with E-state index in [-0.39, 0.29) is 34.5 Å². The highest BCUT2D eigenvalue weighted by Crippen LogP contribution is 2.35. The van der Waals surface area contributed by atoms with E-state index >= 15 is 0 Å². The number of hydrogen-bond donors (Lipinski definition) is 0. The van der Waals surface area contributed by atoms with Crippen LogP contribution in [0.3, 0.4) is 0 Å². The van der Waals surface area contributed by atoms with Crippen LogP contribution < -0.4 is 9.47 Å². The summed E-state index contributed by atoms with van der Waals surface area (Å²) >= 11 is 0. The van der Waals surface area contributed by atoms with E-state index < -0.39 is 0 Å². The Morgan fingerprint density at radius 1 is 1.22 bits per heavy atom. The second-order valence-corrected chi connectivity index (χ2v) is 8.02. The van der Waals surface area contributed by atoms with Crippen LogP contribution in [0.15, 0.2) is 42.6 Å². The average molecular weight is 434 g/mol. The van der Waals surface area contributed by atoms with Crippen molar-refractivity contribution in [2.24, 2.45) is 5.92 Å². The Bertz CT molecular complexity index is 1170. The first-order valence-corrected chi connectivity index (χ1v) is 10.3. The Morgan fingerprint density at radius 2 is 1.97 bits per heavy atom. The quantitative estimate of drug-likeness (QED) is 0.584. The molecule has 0 saturated carbocycles. The molecule has 1 aliphatic heterocycles. The van der Waals surface area contributed by atoms with E-state index in [1.807, 2.05) is 20.0 Å². The summed E-state index contributed by atoms with van der Waals surface area (Å²) in [5, 5.41) is 14.0. The lowest BCUT2D eigenvalue weighted by Crippen LogP contribution is -2.27. The van der Waals surface area contributed by atoms with E-state index in [1.165, 1.54) is 19.2 Å². The molecule has 0 saturated heterocycles. The van der Waals surface area contributed by atoms with Crippen LogP contribution in [0.2, 0.25) is 0 Å². The van der Waals surface area contributed by atoms with Crippen molar-refractivity contribution in [3.8, 4) is 23.3 Å². The number of carbonyl (C=O) groups is 1. The molecule has 0 spiro atoms. The van der Waals surface area contributed by atoms with Gasteiger partial charge in [0.2, 0.25) is 0 Å². The van der Waals surface area contributed by atoms with Gasteiger partial charge in [-0.15, -0.1) is 0 Å². The molecule has 1 amide bonds. The molecule has 0 radical (unpaired) electrons. The van der Waals surface area contributed by atoms with Crippen molar-refractivity contribution in [3.05, 3.63) is 70.8 Å². The van der Waals surface area contributed by atoms with Gasteiger partial charge in [0.15, 0.2) is 5.75 Å². The maximum Gasteiger partial charge on any atom is 0.262 e. The SMILES string of the molecule is COc1c(C#N)ccc(OCC(C)C)c1C(=O)N1Cc2cn(-c3ccc(F)cc3)nc2C1. The smallest absolute Gasteiger partial charge is 0.262 e. The lowest BCUT2D eigenvalue weighted by molar-refractivity contribution is 0.0740. The van der Waals surface area contributed by atoms with Gasteiger partial charge in [-0.3, -0.25) is 4.79 Å². The van der Waals surface area contributed by atoms with Gasteiger partial charge >= 0.3 is 0 Å². The molecule has 3 aromatic rings. The molecule has 32 heavy (non-hydrogen) atoms. The summed E-state index contributed by atoms with van der Waals surface area (Å²) in [5.74, 6) is 0.265. The number of methoxy groups -OCH3 is 1. The number of amides is 1. The molecule has 2 heterocycles. The van der Waals surface area contributed by atoms with Gasteiger partial charge in [0.25, 0.3) is 5.91 Å². The molecule has 0 aliphatic carbocycles. The first kappa shape index (κ1) is 21.4. The van der Waals surface area contributed by atoms with Crippen LogP contribution in [0.25, 0.3) is 5.69 Å². The second-order valence-electron chi connectivity index (χ2n) is 8.02. The lowest BCUT2D eigenvalue weighted by atomic mass is 10.1. The fourth-order valence-corrected chi connectivity index (χ4v) is 3.62. The fourth-order valence-electron chi connectivity index (χ4n) is 3.62. The summed E-state index contributed by atoms with van der Waals surface area (Å²) in [5.41, 5.74) is 2.92. The van der Waals surface area contributed by atoms with E-state index in [9.17, 15) is 14.4 Å². The van der Waals surface area contributed by atoms with Crippen molar-refractivity contribution < 1.29 is 18.7 Å². The van der Waals surface area contributed by atoms with Crippen molar-refractivity contribution in [1.82, 2.24) is 14.7 Å². The van der Waals surface area contributed by atoms with Gasteiger partial charge in [0.1, 0.15) is 23.2 Å². The van der Waals surface area contributed by atoms with Gasteiger partial charge in [-0.25, -0.2) is 9.07 Å². The summed E-state index contributed by atoms with van der Waals surface area (Å²) in [6.07, 6.45) is 1.84. The maximum atomic E-state index is 13.5. The largest absolute Gasteiger partial charge is 0.494 e. The highest BCUT2D eigenvalue weighted by atomic mass is 19.1. The maximum absolute atomic E-state index is 13.5. The summed E-state index contributed by atoms with van der Waals surface area (Å²) in [6, 6.07) is 11.4. The molecule has 0 atom stereocenters. The van der Waals surface area contributed by atoms with Crippen molar-refractivity contribution >= 4 is 5.91 Å². The minimum absolute atomic E-state index is 0.208. The van der Waals surface area contributed by atoms with E-state index in [4.69, 9.17) is 9.47 Å². The second kappa shape index (κ2) is 8.71. The predicted octanol–water partition coefficient (Wildman–Crippen LogP) is 4.08. The standard InChI is InChI=1S/C24H23FN4O3/c1-15(2)14-32-21-9-4-16(10-26)23(31-3)22(21)24(30)28-11-17-12-29(27-20(17)13-28)19-7-5-18(25)6-8-19/h4-9,12,15H,11,13-14H2,1-3H3. The number of hydrogen-bond acceptors (Lipinski definition) is 5. The highest BCUT2D eigenvalue weighted by Gasteiger charge is 2.32. The zero-order valence-electron chi connectivity index (χ0n) is 18.1. The number of carbonyl (C=O) groups excluding carboxylic acids is 1. The van der Waals surface area contributed by atoms with Gasteiger partial charge in [0.05, 0.1) is 37.2 Å². The third kappa shape index (κ3) is 4.02. The van der Waals surface area contributed by atoms with Crippen LogP contribution in [0.5, 0.6) is 11.5 Å². The average Bonchev–Trinajstić information content (AvgIpc) is 3.36. The first-order valence-electron chi connectivity index (χ1n) is 10.3. The monoisotopic (exact) mass is 434 g/mol. The van der Waals surface area contributed by atoms with Crippen LogP contribution in [0.4, 0.5) is 4.39 Å². The van der Waals surface area contributed by atoms with Crippen molar-refractivity contribution in [3.63, 3.8) is 0 Å². The number of nitrogens with zero attached hydrogens (tertiary/aromatic N) is 4. The molecular formula is C24H23FN4O3. The predicted molar refractivity (Wildman–Crippen MR) is 115 cm³/mol. The minimum Gasteiger partial charge on any atom is -0.494 e. The van der Waals surface area contributed by atoms with Crippen molar-refractivity contribution in [2.75, 3.05) is 13.7 Å². The fraction of sp³-hybridized carbons (Fsp3) is 0.292. The number of ether oxygens (including phenoxy) is 2. The van der Waals surface area contributed by atoms with E-state index in [1.54, 1.807) is 33.8 Å². The van der Waals surface area contributed by atoms with Crippen LogP contribution in [-0.2, 0) is 13.1 Å². The molecule has 2 aromatic carbocycles. The number of aromatic nitrogens is 2. The van der Waals surface area contributed by atoms with Crippen LogP contribution in [-0.4, -0.2) is 34.3 Å². The summed E-state index contributed by atoms with van der Waals surface area (Å²) in [6.45, 7) is 5.13. The molecule has 1 aliphatic rings. The molecule has 8 heteroatoms. The molecule has 0 N–H and O–H groups in total. The number of benzene rings is 2. The number of halogens is 1. The molecule has 7 nitrogen and oxygen atoms in total. The Hall–Kier alpha value is -3.86. The third-order valence-corrected chi connectivity index (χ3v) is 5.19. The summed E-state index contributed by atoms with van der Waals surface area (Å²) in [4.78, 5) is 15.1. The zero-order valence-corrected chi connectivity index (χ0v) is 18.1. The van der Waals surface area contributed by atoms with Gasteiger partial charge < -0.3 is 14.4 Å².